The molecule has 13 aliphatic rings. The van der Waals surface area contributed by atoms with E-state index in [0.29, 0.717) is 179 Å². The number of nitrogens with two attached hydrogens (primary N) is 6. The number of esters is 3. The fourth-order valence-electron chi connectivity index (χ4n) is 17.3. The second-order valence-electron chi connectivity index (χ2n) is 34.8. The number of benzene rings is 1. The van der Waals surface area contributed by atoms with E-state index in [1.54, 1.807) is 13.0 Å². The van der Waals surface area contributed by atoms with Gasteiger partial charge in [0.05, 0.1) is 37.9 Å². The zero-order chi connectivity index (χ0) is 93.6. The number of fused-ring (bicyclic) bond motifs is 6. The summed E-state index contributed by atoms with van der Waals surface area (Å²) in [6.07, 6.45) is 23.9. The molecule has 2 aromatic heterocycles. The first-order valence-electron chi connectivity index (χ1n) is 43.6. The van der Waals surface area contributed by atoms with Crippen molar-refractivity contribution < 1.29 is 121 Å². The Morgan fingerprint density at radius 1 is 0.519 bits per heavy atom. The molecule has 19 N–H and O–H groups in total. The molecule has 8 amide bonds. The summed E-state index contributed by atoms with van der Waals surface area (Å²) < 4.78 is 95.5. The molecule has 0 radical (unpaired) electrons. The molecule has 744 valence electrons. The molecule has 13 fully saturated rings. The van der Waals surface area contributed by atoms with Crippen molar-refractivity contribution in [3.05, 3.63) is 83.8 Å². The number of aromatic nitrogens is 4. The minimum absolute atomic E-state index is 0. The zero-order valence-corrected chi connectivity index (χ0v) is 76.0. The molecule has 44 nitrogen and oxygen atoms in total. The normalized spacial score (nSPS) is 26.7. The molecule has 7 aliphatic carbocycles. The molecule has 6 bridgehead atoms. The summed E-state index contributed by atoms with van der Waals surface area (Å²) in [7, 11) is -9.51. The van der Waals surface area contributed by atoms with Crippen LogP contribution in [0.2, 0.25) is 0 Å². The number of piperidine rings is 3. The van der Waals surface area contributed by atoms with Crippen LogP contribution in [0.25, 0.3) is 0 Å². The van der Waals surface area contributed by atoms with Crippen molar-refractivity contribution in [2.45, 2.75) is 293 Å². The number of rotatable bonds is 25. The number of carbonyl (C=O) groups is 10. The summed E-state index contributed by atoms with van der Waals surface area (Å²) >= 11 is 0. The van der Waals surface area contributed by atoms with Crippen LogP contribution in [0.15, 0.2) is 63.5 Å². The molecule has 0 spiro atoms. The van der Waals surface area contributed by atoms with Gasteiger partial charge in [-0.1, -0.05) is 99.4 Å². The smallest absolute Gasteiger partial charge is 0.418 e. The van der Waals surface area contributed by atoms with Crippen molar-refractivity contribution in [1.29, 1.82) is 0 Å². The number of hydrazine groups is 3. The van der Waals surface area contributed by atoms with Crippen molar-refractivity contribution in [3.63, 3.8) is 0 Å². The van der Waals surface area contributed by atoms with Gasteiger partial charge >= 0.3 is 62.8 Å². The number of carboxylic acid groups (broad SMARTS) is 1. The van der Waals surface area contributed by atoms with Crippen molar-refractivity contribution in [2.24, 2.45) is 94.0 Å². The predicted molar refractivity (Wildman–Crippen MR) is 478 cm³/mol. The number of amides is 8. The molecule has 1 aromatic carbocycles. The number of ketones is 1. The van der Waals surface area contributed by atoms with Crippen molar-refractivity contribution >= 4 is 80.4 Å². The molecule has 0 unspecified atom stereocenters. The largest absolute Gasteiger partial charge is 0.480 e. The molecule has 16 rings (SSSR count). The third kappa shape index (κ3) is 37.2. The van der Waals surface area contributed by atoms with Crippen LogP contribution in [0.3, 0.4) is 0 Å². The van der Waals surface area contributed by atoms with E-state index in [1.165, 1.54) is 63.9 Å². The molecule has 8 heterocycles. The van der Waals surface area contributed by atoms with E-state index >= 15 is 0 Å². The zero-order valence-electron chi connectivity index (χ0n) is 74.3. The van der Waals surface area contributed by atoms with Crippen LogP contribution < -0.4 is 45.7 Å². The number of nitrogens with one attached hydrogen (secondary N) is 2. The van der Waals surface area contributed by atoms with Gasteiger partial charge in [-0.05, 0) is 201 Å². The first kappa shape index (κ1) is 116. The van der Waals surface area contributed by atoms with Crippen LogP contribution in [0.1, 0.15) is 267 Å². The van der Waals surface area contributed by atoms with E-state index in [0.717, 1.165) is 86.7 Å². The fourth-order valence-corrected chi connectivity index (χ4v) is 18.1. The second-order valence-corrected chi connectivity index (χ2v) is 36.8. The number of hydrogen-bond donors (Lipinski definition) is 11. The average molecular weight is 1900 g/mol. The van der Waals surface area contributed by atoms with Gasteiger partial charge in [0.1, 0.15) is 30.5 Å². The highest BCUT2D eigenvalue weighted by molar-refractivity contribution is 7.81. The Morgan fingerprint density at radius 2 is 0.901 bits per heavy atom. The van der Waals surface area contributed by atoms with Gasteiger partial charge in [-0.2, -0.15) is 32.0 Å². The number of nitrogens with zero attached hydrogens (tertiary/aromatic N) is 10. The molecular formula is C85H146N18O26S2. The quantitative estimate of drug-likeness (QED) is 0.00731. The Hall–Kier alpha value is -9.30. The van der Waals surface area contributed by atoms with Gasteiger partial charge in [0.2, 0.25) is 35.4 Å². The van der Waals surface area contributed by atoms with E-state index in [2.05, 4.69) is 97.4 Å². The number of Topliss-reactive ketones (excluding diaryl/α,β-unsaturated/α-hetero) is 1. The third-order valence-corrected chi connectivity index (χ3v) is 24.4. The Balaban J connectivity index is 0.000000392. The Labute approximate surface area is 769 Å². The van der Waals surface area contributed by atoms with Gasteiger partial charge in [-0.25, -0.2) is 40.5 Å². The maximum absolute atomic E-state index is 12.4. The summed E-state index contributed by atoms with van der Waals surface area (Å²) in [6, 6.07) is 5.96. The molecule has 3 aromatic rings. The van der Waals surface area contributed by atoms with Gasteiger partial charge in [0, 0.05) is 88.8 Å². The maximum atomic E-state index is 12.4. The molecule has 46 heteroatoms. The van der Waals surface area contributed by atoms with Gasteiger partial charge in [-0.3, -0.25) is 55.7 Å². The van der Waals surface area contributed by atoms with E-state index in [4.69, 9.17) is 60.5 Å². The molecule has 131 heavy (non-hydrogen) atoms. The molecular weight excluding hydrogens is 1750 g/mol. The lowest BCUT2D eigenvalue weighted by molar-refractivity contribution is -0.145. The van der Waals surface area contributed by atoms with Gasteiger partial charge in [0.25, 0.3) is 0 Å². The molecule has 6 aliphatic heterocycles. The summed E-state index contributed by atoms with van der Waals surface area (Å²) in [5.74, 6) is 25.1. The van der Waals surface area contributed by atoms with Gasteiger partial charge in [-0.15, -0.1) is 29.0 Å². The number of allylic oxidation sites excluding steroid dienone is 1. The highest BCUT2D eigenvalue weighted by Gasteiger charge is 2.52. The van der Waals surface area contributed by atoms with Gasteiger partial charge < -0.3 is 59.8 Å². The number of carbonyl (C=O) groups excluding carboxylic acids is 9. The Morgan fingerprint density at radius 3 is 1.24 bits per heavy atom. The number of hydrogen-bond acceptors (Lipinski definition) is 32. The lowest BCUT2D eigenvalue weighted by atomic mass is 9.74. The SMILES string of the molecule is C.C.C.C=CC(=O)OCC.CC1CC(=O)C1.CC1CC(CC(=O)NN)C1.CC1CC(CC(=O)NN)C1.CCOC(=O)C=C1CC(C)C1.CCOC(=O)CC1CC(C)C1.NC1CC(Cc2nnc([C@@H]3CC[C@@H]4CN3C(=O)N4OS(=O)(=O)O)o2)C1.NC1CC(Cc2nnc([C@@H]3CC[C@@H]4CN3C(=O)N4OS(=O)(=O)O)o2)C1.NN.O.O=C(O)[C@@H]1CC[C@@H]2CN1C(=O)N2OCc1ccccc1. The number of carboxylic acids is 1. The lowest BCUT2D eigenvalue weighted by Gasteiger charge is -2.31. The average Bonchev–Trinajstić information content (AvgIpc) is 1.62. The number of aliphatic carboxylic acids is 1. The maximum Gasteiger partial charge on any atom is 0.418 e. The topological polar surface area (TPSA) is 664 Å². The first-order chi connectivity index (χ1) is 60.2. The van der Waals surface area contributed by atoms with Crippen LogP contribution in [-0.2, 0) is 101 Å². The van der Waals surface area contributed by atoms with E-state index in [-0.39, 0.29) is 94.7 Å². The number of urea groups is 3. The summed E-state index contributed by atoms with van der Waals surface area (Å²) in [4.78, 5) is 121. The molecule has 6 saturated heterocycles. The van der Waals surface area contributed by atoms with Crippen molar-refractivity contribution in [2.75, 3.05) is 39.5 Å². The predicted octanol–water partition coefficient (Wildman–Crippen LogP) is 7.86. The summed E-state index contributed by atoms with van der Waals surface area (Å²) in [6.45, 7) is 22.2. The van der Waals surface area contributed by atoms with Gasteiger partial charge in [0.15, 0.2) is 0 Å². The van der Waals surface area contributed by atoms with E-state index in [9.17, 15) is 64.8 Å². The molecule has 6 atom stereocenters. The monoisotopic (exact) mass is 1900 g/mol. The van der Waals surface area contributed by atoms with E-state index < -0.39 is 69.0 Å². The number of ether oxygens (including phenoxy) is 3. The van der Waals surface area contributed by atoms with Crippen LogP contribution in [0.5, 0.6) is 0 Å². The minimum Gasteiger partial charge on any atom is -0.480 e. The van der Waals surface area contributed by atoms with Crippen LogP contribution in [-0.4, -0.2) is 222 Å². The fraction of sp³-hybridized carbons (Fsp3) is 0.718. The Bertz CT molecular complexity index is 4170. The van der Waals surface area contributed by atoms with Crippen molar-refractivity contribution in [3.8, 4) is 0 Å². The van der Waals surface area contributed by atoms with Crippen LogP contribution in [0, 0.1) is 59.2 Å². The second kappa shape index (κ2) is 56.0. The highest BCUT2D eigenvalue weighted by atomic mass is 32.3. The standard InChI is InChI=1S/C14H16N2O4.2C13H19N5O6S.C9H16O2.C9H14O2.2C7H14N2O.C5H8O2.C5H8O.3CH4.H4N2.H2O/c17-13(18)12-7-6-11-8-15(12)14(19)16(11)20-9-10-4-2-1-3-5-10;2*14-8-3-7(4-8)5-11-15-16-12(23-11)10-2-1-9-6-17(10)13(19)18(9)24-25(20,21)22;2*1-3-11-9(10)6-8-4-7(2)5-8;2*1-5-2-6(3-5)4-7(10)9-8;1-3-5(6)7-4-2;1-4-2-5(6)3-4;;;;1-2;/h1-5,11-12H,6-9H2,(H,17,18);2*7-10H,1-6,14H2,(H,20,21,22);7-8H,3-6H2,1-2H3;6-7H,3-5H2,1-2H3;2*5-6H,2-4,8H2,1H3,(H,9,10);3H,1,4H2,2H3;4H,2-3H2,1H3;3*1H4;1-2H2;1H2/t11-,12+;2*7?,8?,9-,10+;;;;;;;;;;;/m111.........../s1. The number of hydroxylamine groups is 6. The first-order valence-corrected chi connectivity index (χ1v) is 46.3. The van der Waals surface area contributed by atoms with Crippen LogP contribution >= 0.6 is 0 Å². The van der Waals surface area contributed by atoms with Crippen LogP contribution in [0.4, 0.5) is 14.4 Å². The minimum atomic E-state index is -4.75. The third-order valence-electron chi connectivity index (χ3n) is 23.7. The van der Waals surface area contributed by atoms with E-state index in [1.807, 2.05) is 44.2 Å². The summed E-state index contributed by atoms with van der Waals surface area (Å²) in [5.41, 5.74) is 18.0. The summed E-state index contributed by atoms with van der Waals surface area (Å²) in [5, 5.41) is 28.1. The molecule has 7 saturated carbocycles. The lowest BCUT2D eigenvalue weighted by Crippen LogP contribution is -2.44. The van der Waals surface area contributed by atoms with Crippen molar-refractivity contribution in [1.82, 2.24) is 61.1 Å². The highest BCUT2D eigenvalue weighted by Crippen LogP contribution is 2.43. The Kier molecular flexibility index (Phi) is 49.6.